The van der Waals surface area contributed by atoms with E-state index in [-0.39, 0.29) is 0 Å². The minimum absolute atomic E-state index is 0.999. The number of hydrogen-bond acceptors (Lipinski definition) is 1. The first kappa shape index (κ1) is 12.0. The number of hydrogen-bond donors (Lipinski definition) is 0. The summed E-state index contributed by atoms with van der Waals surface area (Å²) in [5, 5.41) is 0. The van der Waals surface area contributed by atoms with E-state index in [1.54, 1.807) is 0 Å². The van der Waals surface area contributed by atoms with Crippen LogP contribution in [-0.2, 0) is 0 Å². The Bertz CT molecular complexity index is 133. The Morgan fingerprint density at radius 2 is 2.00 bits per heavy atom. The van der Waals surface area contributed by atoms with Gasteiger partial charge in [-0.25, -0.2) is 0 Å². The van der Waals surface area contributed by atoms with Crippen LogP contribution in [0, 0.1) is 5.92 Å². The quantitative estimate of drug-likeness (QED) is 0.608. The van der Waals surface area contributed by atoms with Crippen LogP contribution in [0.5, 0.6) is 0 Å². The summed E-state index contributed by atoms with van der Waals surface area (Å²) in [5.41, 5.74) is 0. The highest BCUT2D eigenvalue weighted by atomic mass is 15.1. The monoisotopic (exact) mass is 197 g/mol. The molecule has 1 heteroatoms. The van der Waals surface area contributed by atoms with Crippen molar-refractivity contribution in [3.8, 4) is 0 Å². The Hall–Kier alpha value is -0.0400. The summed E-state index contributed by atoms with van der Waals surface area (Å²) in [6, 6.07) is 0. The molecule has 1 aliphatic heterocycles. The average Bonchev–Trinajstić information content (AvgIpc) is 2.38. The van der Waals surface area contributed by atoms with E-state index in [2.05, 4.69) is 18.9 Å². The van der Waals surface area contributed by atoms with Crippen LogP contribution in [-0.4, -0.2) is 25.0 Å². The summed E-state index contributed by atoms with van der Waals surface area (Å²) in [7, 11) is 2.28. The predicted molar refractivity (Wildman–Crippen MR) is 63.6 cm³/mol. The fourth-order valence-corrected chi connectivity index (χ4v) is 2.53. The van der Waals surface area contributed by atoms with Gasteiger partial charge in [0.05, 0.1) is 0 Å². The molecule has 1 rings (SSSR count). The Morgan fingerprint density at radius 3 is 2.79 bits per heavy atom. The molecule has 0 aromatic carbocycles. The Morgan fingerprint density at radius 1 is 1.14 bits per heavy atom. The predicted octanol–water partition coefficient (Wildman–Crippen LogP) is 3.69. The minimum atomic E-state index is 0.999. The van der Waals surface area contributed by atoms with Gasteiger partial charge in [-0.15, -0.1) is 0 Å². The van der Waals surface area contributed by atoms with E-state index in [0.717, 1.165) is 5.92 Å². The van der Waals surface area contributed by atoms with E-state index in [1.807, 2.05) is 0 Å². The van der Waals surface area contributed by atoms with Crippen LogP contribution >= 0.6 is 0 Å². The first-order valence-electron chi connectivity index (χ1n) is 6.51. The zero-order chi connectivity index (χ0) is 10.2. The van der Waals surface area contributed by atoms with Gasteiger partial charge >= 0.3 is 0 Å². The van der Waals surface area contributed by atoms with Gasteiger partial charge in [0.25, 0.3) is 0 Å². The van der Waals surface area contributed by atoms with Gasteiger partial charge in [-0.3, -0.25) is 0 Å². The second kappa shape index (κ2) is 7.28. The first-order valence-corrected chi connectivity index (χ1v) is 6.51. The highest BCUT2D eigenvalue weighted by molar-refractivity contribution is 4.68. The van der Waals surface area contributed by atoms with Crippen molar-refractivity contribution in [3.05, 3.63) is 0 Å². The van der Waals surface area contributed by atoms with Gasteiger partial charge in [-0.1, -0.05) is 39.0 Å². The van der Waals surface area contributed by atoms with Gasteiger partial charge in [-0.2, -0.15) is 0 Å². The number of nitrogens with zero attached hydrogens (tertiary/aromatic N) is 1. The van der Waals surface area contributed by atoms with Gasteiger partial charge in [0.1, 0.15) is 0 Å². The van der Waals surface area contributed by atoms with Gasteiger partial charge < -0.3 is 4.90 Å². The lowest BCUT2D eigenvalue weighted by atomic mass is 9.96. The maximum atomic E-state index is 2.53. The van der Waals surface area contributed by atoms with Crippen LogP contribution in [0.15, 0.2) is 0 Å². The average molecular weight is 197 g/mol. The van der Waals surface area contributed by atoms with E-state index in [0.29, 0.717) is 0 Å². The van der Waals surface area contributed by atoms with Crippen molar-refractivity contribution in [2.75, 3.05) is 20.1 Å². The summed E-state index contributed by atoms with van der Waals surface area (Å²) in [5.74, 6) is 0.999. The van der Waals surface area contributed by atoms with Crippen molar-refractivity contribution < 1.29 is 0 Å². The molecule has 84 valence electrons. The molecule has 1 fully saturated rings. The zero-order valence-electron chi connectivity index (χ0n) is 10.1. The Balaban J connectivity index is 2.09. The van der Waals surface area contributed by atoms with Gasteiger partial charge in [0.15, 0.2) is 0 Å². The molecule has 0 N–H and O–H groups in total. The highest BCUT2D eigenvalue weighted by Gasteiger charge is 2.14. The molecule has 0 saturated carbocycles. The second-order valence-corrected chi connectivity index (χ2v) is 4.97. The fraction of sp³-hybridized carbons (Fsp3) is 1.00. The minimum Gasteiger partial charge on any atom is -0.306 e. The van der Waals surface area contributed by atoms with Crippen molar-refractivity contribution in [1.82, 2.24) is 4.90 Å². The van der Waals surface area contributed by atoms with Crippen molar-refractivity contribution in [3.63, 3.8) is 0 Å². The summed E-state index contributed by atoms with van der Waals surface area (Å²) < 4.78 is 0. The van der Waals surface area contributed by atoms with E-state index in [1.165, 1.54) is 64.5 Å². The Kier molecular flexibility index (Phi) is 6.25. The smallest absolute Gasteiger partial charge is 0.000661 e. The lowest BCUT2D eigenvalue weighted by Gasteiger charge is -2.19. The lowest BCUT2D eigenvalue weighted by Crippen LogP contribution is -2.23. The molecule has 0 aromatic rings. The topological polar surface area (TPSA) is 3.24 Å². The summed E-state index contributed by atoms with van der Waals surface area (Å²) in [4.78, 5) is 2.53. The van der Waals surface area contributed by atoms with Crippen LogP contribution in [0.3, 0.4) is 0 Å². The molecule has 0 bridgehead atoms. The van der Waals surface area contributed by atoms with Gasteiger partial charge in [0.2, 0.25) is 0 Å². The molecule has 1 aliphatic rings. The van der Waals surface area contributed by atoms with Crippen LogP contribution in [0.4, 0.5) is 0 Å². The summed E-state index contributed by atoms with van der Waals surface area (Å²) in [6.45, 7) is 4.97. The second-order valence-electron chi connectivity index (χ2n) is 4.97. The normalized spacial score (nSPS) is 24.9. The third-order valence-corrected chi connectivity index (χ3v) is 3.44. The third-order valence-electron chi connectivity index (χ3n) is 3.44. The van der Waals surface area contributed by atoms with Crippen LogP contribution in [0.2, 0.25) is 0 Å². The molecular formula is C13H27N. The third kappa shape index (κ3) is 4.99. The summed E-state index contributed by atoms with van der Waals surface area (Å²) >= 11 is 0. The zero-order valence-corrected chi connectivity index (χ0v) is 10.1. The molecule has 1 saturated heterocycles. The SMILES string of the molecule is CCCCCCC1CCCCN(C)C1. The van der Waals surface area contributed by atoms with Crippen LogP contribution in [0.1, 0.15) is 58.3 Å². The number of rotatable bonds is 5. The molecule has 1 heterocycles. The molecule has 1 nitrogen and oxygen atoms in total. The first-order chi connectivity index (χ1) is 6.83. The lowest BCUT2D eigenvalue weighted by molar-refractivity contribution is 0.285. The molecule has 0 amide bonds. The van der Waals surface area contributed by atoms with Gasteiger partial charge in [0, 0.05) is 6.54 Å². The van der Waals surface area contributed by atoms with E-state index >= 15 is 0 Å². The van der Waals surface area contributed by atoms with Crippen molar-refractivity contribution in [2.24, 2.45) is 5.92 Å². The fourth-order valence-electron chi connectivity index (χ4n) is 2.53. The number of unbranched alkanes of at least 4 members (excludes halogenated alkanes) is 3. The van der Waals surface area contributed by atoms with E-state index in [4.69, 9.17) is 0 Å². The highest BCUT2D eigenvalue weighted by Crippen LogP contribution is 2.21. The molecular weight excluding hydrogens is 170 g/mol. The van der Waals surface area contributed by atoms with Gasteiger partial charge in [-0.05, 0) is 38.8 Å². The molecule has 0 spiro atoms. The maximum absolute atomic E-state index is 2.53. The van der Waals surface area contributed by atoms with Crippen LogP contribution in [0.25, 0.3) is 0 Å². The Labute approximate surface area is 89.9 Å². The molecule has 0 aliphatic carbocycles. The molecule has 0 radical (unpaired) electrons. The molecule has 1 atom stereocenters. The van der Waals surface area contributed by atoms with Crippen LogP contribution < -0.4 is 0 Å². The number of likely N-dealkylation sites (tertiary alicyclic amines) is 1. The largest absolute Gasteiger partial charge is 0.306 e. The summed E-state index contributed by atoms with van der Waals surface area (Å²) in [6.07, 6.45) is 11.6. The van der Waals surface area contributed by atoms with Crippen molar-refractivity contribution in [2.45, 2.75) is 58.3 Å². The standard InChI is InChI=1S/C13H27N/c1-3-4-5-6-9-13-10-7-8-11-14(2)12-13/h13H,3-12H2,1-2H3. The molecule has 14 heavy (non-hydrogen) atoms. The molecule has 1 unspecified atom stereocenters. The van der Waals surface area contributed by atoms with E-state index in [9.17, 15) is 0 Å². The maximum Gasteiger partial charge on any atom is 0.000661 e. The van der Waals surface area contributed by atoms with E-state index < -0.39 is 0 Å². The van der Waals surface area contributed by atoms with Crippen molar-refractivity contribution in [1.29, 1.82) is 0 Å². The molecule has 0 aromatic heterocycles. The van der Waals surface area contributed by atoms with Crippen molar-refractivity contribution >= 4 is 0 Å².